The molecule has 1 aliphatic rings. The maximum absolute atomic E-state index is 13.1. The highest BCUT2D eigenvalue weighted by Gasteiger charge is 2.32. The molecule has 2 amide bonds. The summed E-state index contributed by atoms with van der Waals surface area (Å²) in [5, 5.41) is 2.64. The van der Waals surface area contributed by atoms with Crippen LogP contribution in [0.15, 0.2) is 36.5 Å². The predicted molar refractivity (Wildman–Crippen MR) is 150 cm³/mol. The number of hydrogen-bond donors (Lipinski definition) is 1. The molecule has 228 valence electrons. The summed E-state index contributed by atoms with van der Waals surface area (Å²) >= 11 is 0. The third kappa shape index (κ3) is 11.7. The molecule has 3 rings (SSSR count). The first kappa shape index (κ1) is 35.2. The molecule has 10 nitrogen and oxygen atoms in total. The van der Waals surface area contributed by atoms with Gasteiger partial charge in [-0.1, -0.05) is 19.9 Å². The molecule has 41 heavy (non-hydrogen) atoms. The van der Waals surface area contributed by atoms with E-state index < -0.39 is 35.4 Å². The van der Waals surface area contributed by atoms with Crippen molar-refractivity contribution < 1.29 is 42.1 Å². The number of nitrogens with zero attached hydrogens (tertiary/aromatic N) is 2. The molecular formula is C29H41F2N3O7. The number of rotatable bonds is 7. The largest absolute Gasteiger partial charge is 0.494 e. The van der Waals surface area contributed by atoms with Gasteiger partial charge in [-0.05, 0) is 64.8 Å². The van der Waals surface area contributed by atoms with Gasteiger partial charge in [0.05, 0.1) is 20.3 Å². The van der Waals surface area contributed by atoms with Gasteiger partial charge in [0.25, 0.3) is 5.91 Å². The van der Waals surface area contributed by atoms with Gasteiger partial charge in [-0.2, -0.15) is 4.39 Å². The second-order valence-corrected chi connectivity index (χ2v) is 9.58. The van der Waals surface area contributed by atoms with Gasteiger partial charge < -0.3 is 29.2 Å². The number of esters is 1. The summed E-state index contributed by atoms with van der Waals surface area (Å²) in [7, 11) is 2.55. The highest BCUT2D eigenvalue weighted by Crippen LogP contribution is 2.24. The lowest BCUT2D eigenvalue weighted by Gasteiger charge is -2.26. The fourth-order valence-electron chi connectivity index (χ4n) is 3.55. The SMILES string of the molecule is CC.COC(=O)c1cc(N(CCNC(=O)OC(C)(C)C)C(=O)C2CCC(C)O2)ccn1.COc1cccc(F)c1F. The maximum atomic E-state index is 13.1. The predicted octanol–water partition coefficient (Wildman–Crippen LogP) is 5.29. The van der Waals surface area contributed by atoms with E-state index in [1.165, 1.54) is 43.5 Å². The van der Waals surface area contributed by atoms with E-state index in [0.29, 0.717) is 12.1 Å². The van der Waals surface area contributed by atoms with E-state index in [2.05, 4.69) is 15.0 Å². The van der Waals surface area contributed by atoms with Crippen LogP contribution in [0, 0.1) is 11.6 Å². The van der Waals surface area contributed by atoms with E-state index in [4.69, 9.17) is 14.2 Å². The van der Waals surface area contributed by atoms with Crippen LogP contribution in [0.1, 0.15) is 64.9 Å². The van der Waals surface area contributed by atoms with Gasteiger partial charge in [-0.25, -0.2) is 19.0 Å². The number of ether oxygens (including phenoxy) is 4. The normalized spacial score (nSPS) is 15.8. The number of nitrogens with one attached hydrogen (secondary N) is 1. The Balaban J connectivity index is 0.000000584. The van der Waals surface area contributed by atoms with E-state index in [9.17, 15) is 23.2 Å². The number of halogens is 2. The van der Waals surface area contributed by atoms with Crippen molar-refractivity contribution in [1.82, 2.24) is 10.3 Å². The van der Waals surface area contributed by atoms with E-state index in [1.54, 1.807) is 26.8 Å². The van der Waals surface area contributed by atoms with Crippen LogP contribution >= 0.6 is 0 Å². The number of hydrogen-bond acceptors (Lipinski definition) is 8. The Bertz CT molecular complexity index is 1140. The molecular weight excluding hydrogens is 540 g/mol. The number of benzene rings is 1. The molecule has 2 aromatic rings. The van der Waals surface area contributed by atoms with Crippen LogP contribution in [-0.4, -0.2) is 68.1 Å². The minimum atomic E-state index is -0.940. The standard InChI is InChI=1S/C20H29N3O6.C7H6F2O.C2H6/c1-13-6-7-16(28-13)17(24)23(11-10-22-19(26)29-20(2,3)4)14-8-9-21-15(12-14)18(25)27-5;1-10-6-4-2-3-5(8)7(6)9;1-2/h8-9,12-13,16H,6-7,10-11H2,1-5H3,(H,22,26);2-4H,1H3;1-2H3. The van der Waals surface area contributed by atoms with Crippen LogP contribution in [0.3, 0.4) is 0 Å². The molecule has 1 aromatic heterocycles. The van der Waals surface area contributed by atoms with Crippen LogP contribution in [0.5, 0.6) is 5.75 Å². The van der Waals surface area contributed by atoms with Crippen molar-refractivity contribution in [2.45, 2.75) is 72.2 Å². The second kappa shape index (κ2) is 17.1. The first-order valence-electron chi connectivity index (χ1n) is 13.3. The number of carbonyl (C=O) groups excluding carboxylic acids is 3. The molecule has 1 fully saturated rings. The lowest BCUT2D eigenvalue weighted by atomic mass is 10.1. The summed E-state index contributed by atoms with van der Waals surface area (Å²) in [5.41, 5.74) is -0.0587. The molecule has 0 radical (unpaired) electrons. The van der Waals surface area contributed by atoms with Crippen LogP contribution in [0.4, 0.5) is 19.3 Å². The van der Waals surface area contributed by atoms with Crippen molar-refractivity contribution in [3.8, 4) is 5.75 Å². The van der Waals surface area contributed by atoms with Crippen molar-refractivity contribution in [1.29, 1.82) is 0 Å². The highest BCUT2D eigenvalue weighted by molar-refractivity contribution is 5.98. The highest BCUT2D eigenvalue weighted by atomic mass is 19.2. The number of amides is 2. The molecule has 1 aromatic carbocycles. The zero-order valence-electron chi connectivity index (χ0n) is 25.0. The third-order valence-corrected chi connectivity index (χ3v) is 5.36. The molecule has 0 saturated carbocycles. The Morgan fingerprint density at radius 2 is 1.80 bits per heavy atom. The van der Waals surface area contributed by atoms with Gasteiger partial charge in [0.1, 0.15) is 17.4 Å². The Hall–Kier alpha value is -3.80. The number of alkyl carbamates (subject to hydrolysis) is 1. The average Bonchev–Trinajstić information content (AvgIpc) is 3.38. The second-order valence-electron chi connectivity index (χ2n) is 9.58. The van der Waals surface area contributed by atoms with Crippen molar-refractivity contribution >= 4 is 23.7 Å². The molecule has 0 aliphatic carbocycles. The Labute approximate surface area is 240 Å². The van der Waals surface area contributed by atoms with Crippen molar-refractivity contribution in [2.75, 3.05) is 32.2 Å². The van der Waals surface area contributed by atoms with Crippen molar-refractivity contribution in [3.63, 3.8) is 0 Å². The summed E-state index contributed by atoms with van der Waals surface area (Å²) in [6.07, 6.45) is 1.71. The van der Waals surface area contributed by atoms with Crippen molar-refractivity contribution in [3.05, 3.63) is 53.9 Å². The molecule has 12 heteroatoms. The third-order valence-electron chi connectivity index (χ3n) is 5.36. The van der Waals surface area contributed by atoms with Gasteiger partial charge in [-0.3, -0.25) is 4.79 Å². The number of aromatic nitrogens is 1. The fourth-order valence-corrected chi connectivity index (χ4v) is 3.55. The zero-order valence-corrected chi connectivity index (χ0v) is 25.0. The van der Waals surface area contributed by atoms with E-state index >= 15 is 0 Å². The van der Waals surface area contributed by atoms with Gasteiger partial charge in [0.15, 0.2) is 11.6 Å². The van der Waals surface area contributed by atoms with Crippen LogP contribution < -0.4 is 15.0 Å². The Morgan fingerprint density at radius 3 is 2.34 bits per heavy atom. The van der Waals surface area contributed by atoms with Crippen molar-refractivity contribution in [2.24, 2.45) is 0 Å². The first-order valence-corrected chi connectivity index (χ1v) is 13.3. The van der Waals surface area contributed by atoms with Gasteiger partial charge in [0.2, 0.25) is 5.82 Å². The zero-order chi connectivity index (χ0) is 31.2. The molecule has 0 bridgehead atoms. The average molecular weight is 582 g/mol. The quantitative estimate of drug-likeness (QED) is 0.439. The number of anilines is 1. The lowest BCUT2D eigenvalue weighted by Crippen LogP contribution is -2.44. The van der Waals surface area contributed by atoms with Crippen LogP contribution in [-0.2, 0) is 19.0 Å². The number of pyridine rings is 1. The van der Waals surface area contributed by atoms with Crippen LogP contribution in [0.25, 0.3) is 0 Å². The van der Waals surface area contributed by atoms with E-state index in [1.807, 2.05) is 20.8 Å². The number of methoxy groups -OCH3 is 2. The Morgan fingerprint density at radius 1 is 1.12 bits per heavy atom. The molecule has 2 unspecified atom stereocenters. The molecule has 0 spiro atoms. The Kier molecular flexibility index (Phi) is 14.7. The summed E-state index contributed by atoms with van der Waals surface area (Å²) in [6, 6.07) is 6.89. The van der Waals surface area contributed by atoms with Gasteiger partial charge in [0, 0.05) is 25.0 Å². The lowest BCUT2D eigenvalue weighted by molar-refractivity contribution is -0.129. The smallest absolute Gasteiger partial charge is 0.407 e. The maximum Gasteiger partial charge on any atom is 0.407 e. The molecule has 1 N–H and O–H groups in total. The first-order chi connectivity index (χ1) is 19.4. The topological polar surface area (TPSA) is 116 Å². The molecule has 1 aliphatic heterocycles. The molecule has 1 saturated heterocycles. The minimum Gasteiger partial charge on any atom is -0.494 e. The molecule has 2 atom stereocenters. The monoisotopic (exact) mass is 581 g/mol. The summed E-state index contributed by atoms with van der Waals surface area (Å²) in [5.74, 6) is -2.73. The van der Waals surface area contributed by atoms with Gasteiger partial charge in [-0.15, -0.1) is 0 Å². The number of carbonyl (C=O) groups is 3. The fraction of sp³-hybridized carbons (Fsp3) is 0.517. The minimum absolute atomic E-state index is 0.00811. The van der Waals surface area contributed by atoms with E-state index in [-0.39, 0.29) is 36.5 Å². The summed E-state index contributed by atoms with van der Waals surface area (Å²) in [6.45, 7) is 11.6. The molecule has 2 heterocycles. The summed E-state index contributed by atoms with van der Waals surface area (Å²) in [4.78, 5) is 42.2. The van der Waals surface area contributed by atoms with E-state index in [0.717, 1.165) is 12.5 Å². The van der Waals surface area contributed by atoms with Gasteiger partial charge >= 0.3 is 12.1 Å². The van der Waals surface area contributed by atoms with Crippen LogP contribution in [0.2, 0.25) is 0 Å². The summed E-state index contributed by atoms with van der Waals surface area (Å²) < 4.78 is 44.9.